The molecule has 0 atom stereocenters. The van der Waals surface area contributed by atoms with E-state index in [4.69, 9.17) is 51.9 Å². The molecule has 14 nitrogen and oxygen atoms in total. The van der Waals surface area contributed by atoms with Crippen molar-refractivity contribution in [1.82, 2.24) is 0 Å². The average Bonchev–Trinajstić information content (AvgIpc) is 2.71. The third-order valence-corrected chi connectivity index (χ3v) is 3.02. The van der Waals surface area contributed by atoms with E-state index in [1.165, 1.54) is 0 Å². The number of rotatable bonds is 4. The second-order valence-electron chi connectivity index (χ2n) is 5.84. The highest BCUT2D eigenvalue weighted by Gasteiger charge is 1.92. The van der Waals surface area contributed by atoms with E-state index < -0.39 is 10.4 Å². The van der Waals surface area contributed by atoms with Crippen LogP contribution in [0.5, 0.6) is 0 Å². The summed E-state index contributed by atoms with van der Waals surface area (Å²) in [6, 6.07) is 19.4. The smallest absolute Gasteiger partial charge is 0.370 e. The second-order valence-corrected chi connectivity index (χ2v) is 6.74. The van der Waals surface area contributed by atoms with E-state index in [1.807, 2.05) is 60.7 Å². The van der Waals surface area contributed by atoms with E-state index >= 15 is 0 Å². The zero-order valence-electron chi connectivity index (χ0n) is 17.6. The van der Waals surface area contributed by atoms with Gasteiger partial charge in [-0.3, -0.25) is 9.11 Å². The molecule has 0 heterocycles. The van der Waals surface area contributed by atoms with Crippen molar-refractivity contribution in [3.05, 3.63) is 71.8 Å². The lowest BCUT2D eigenvalue weighted by Gasteiger charge is -1.96. The van der Waals surface area contributed by atoms with Crippen LogP contribution in [0.1, 0.15) is 11.1 Å². The molecule has 0 saturated heterocycles. The summed E-state index contributed by atoms with van der Waals surface area (Å²) in [4.78, 5) is 15.1. The molecule has 33 heavy (non-hydrogen) atoms. The molecule has 2 aromatic rings. The van der Waals surface area contributed by atoms with Crippen molar-refractivity contribution >= 4 is 34.2 Å². The summed E-state index contributed by atoms with van der Waals surface area (Å²) in [5.74, 6) is 0.0151. The van der Waals surface area contributed by atoms with E-state index in [2.05, 4.69) is 20.0 Å². The van der Waals surface area contributed by atoms with E-state index in [-0.39, 0.29) is 23.8 Å². The van der Waals surface area contributed by atoms with Crippen LogP contribution in [0, 0.1) is 0 Å². The molecule has 0 aromatic heterocycles. The Kier molecular flexibility index (Phi) is 13.6. The van der Waals surface area contributed by atoms with Crippen LogP contribution in [0.3, 0.4) is 0 Å². The highest BCUT2D eigenvalue weighted by molar-refractivity contribution is 7.79. The van der Waals surface area contributed by atoms with Gasteiger partial charge in [0.2, 0.25) is 11.9 Å². The van der Waals surface area contributed by atoms with Gasteiger partial charge in [-0.25, -0.2) is 9.98 Å². The Morgan fingerprint density at radius 3 is 1.15 bits per heavy atom. The summed E-state index contributed by atoms with van der Waals surface area (Å²) in [6.45, 7) is 0.951. The Labute approximate surface area is 191 Å². The standard InChI is InChI=1S/2C9H13N5.H2O4S/c2*10-8(11)14-9(12)13-6-7-4-2-1-3-5-7;1-5(2,3)4/h2*1-5H,6H2,(H6,10,11,12,13,14);(H2,1,2,3,4). The van der Waals surface area contributed by atoms with Crippen LogP contribution in [0.2, 0.25) is 0 Å². The lowest BCUT2D eigenvalue weighted by Crippen LogP contribution is -2.26. The van der Waals surface area contributed by atoms with Gasteiger partial charge in [-0.1, -0.05) is 60.7 Å². The molecule has 0 spiro atoms. The largest absolute Gasteiger partial charge is 0.394 e. The Morgan fingerprint density at radius 1 is 0.636 bits per heavy atom. The molecule has 0 unspecified atom stereocenters. The fraction of sp³-hybridized carbons (Fsp3) is 0.111. The summed E-state index contributed by atoms with van der Waals surface area (Å²) in [5, 5.41) is 0. The number of nitrogens with two attached hydrogens (primary N) is 6. The minimum absolute atomic E-state index is 0.0840. The molecule has 0 saturated carbocycles. The second kappa shape index (κ2) is 15.6. The number of nitrogens with zero attached hydrogens (tertiary/aromatic N) is 4. The van der Waals surface area contributed by atoms with Gasteiger partial charge in [0.1, 0.15) is 0 Å². The first-order valence-corrected chi connectivity index (χ1v) is 10.3. The third kappa shape index (κ3) is 20.8. The fourth-order valence-corrected chi connectivity index (χ4v) is 1.85. The lowest BCUT2D eigenvalue weighted by molar-refractivity contribution is 0.381. The predicted octanol–water partition coefficient (Wildman–Crippen LogP) is -1.10. The van der Waals surface area contributed by atoms with Gasteiger partial charge in [0.15, 0.2) is 11.9 Å². The number of hydrogen-bond donors (Lipinski definition) is 8. The third-order valence-electron chi connectivity index (χ3n) is 3.02. The number of hydrogen-bond acceptors (Lipinski definition) is 4. The van der Waals surface area contributed by atoms with E-state index in [0.717, 1.165) is 11.1 Å². The van der Waals surface area contributed by atoms with Crippen LogP contribution in [0.4, 0.5) is 0 Å². The van der Waals surface area contributed by atoms with Crippen molar-refractivity contribution in [1.29, 1.82) is 0 Å². The summed E-state index contributed by atoms with van der Waals surface area (Å²) < 4.78 is 31.6. The summed E-state index contributed by atoms with van der Waals surface area (Å²) in [7, 11) is -4.67. The first kappa shape index (κ1) is 28.8. The molecule has 0 radical (unpaired) electrons. The molecule has 0 amide bonds. The summed E-state index contributed by atoms with van der Waals surface area (Å²) in [6.07, 6.45) is 0. The molecule has 0 bridgehead atoms. The van der Waals surface area contributed by atoms with Gasteiger partial charge >= 0.3 is 10.4 Å². The molecule has 15 heteroatoms. The lowest BCUT2D eigenvalue weighted by atomic mass is 10.2. The Morgan fingerprint density at radius 2 is 0.909 bits per heavy atom. The molecule has 14 N–H and O–H groups in total. The molecular formula is C18H28N10O4S. The van der Waals surface area contributed by atoms with Crippen LogP contribution in [-0.2, 0) is 23.5 Å². The molecule has 0 fully saturated rings. The molecule has 2 aromatic carbocycles. The van der Waals surface area contributed by atoms with Gasteiger partial charge in [0.05, 0.1) is 13.1 Å². The van der Waals surface area contributed by atoms with Gasteiger partial charge < -0.3 is 34.4 Å². The molecule has 0 aliphatic heterocycles. The van der Waals surface area contributed by atoms with Crippen molar-refractivity contribution in [2.24, 2.45) is 54.4 Å². The zero-order valence-corrected chi connectivity index (χ0v) is 18.4. The van der Waals surface area contributed by atoms with Crippen LogP contribution in [-0.4, -0.2) is 41.4 Å². The predicted molar refractivity (Wildman–Crippen MR) is 129 cm³/mol. The number of benzene rings is 2. The first-order valence-electron chi connectivity index (χ1n) is 8.93. The maximum atomic E-state index is 8.74. The maximum absolute atomic E-state index is 8.74. The van der Waals surface area contributed by atoms with Crippen LogP contribution in [0.25, 0.3) is 0 Å². The van der Waals surface area contributed by atoms with E-state index in [0.29, 0.717) is 13.1 Å². The van der Waals surface area contributed by atoms with Crippen LogP contribution >= 0.6 is 0 Å². The Balaban J connectivity index is 0.000000517. The molecule has 0 aliphatic rings. The van der Waals surface area contributed by atoms with Gasteiger partial charge in [-0.05, 0) is 11.1 Å². The highest BCUT2D eigenvalue weighted by Crippen LogP contribution is 2.00. The zero-order chi connectivity index (χ0) is 25.3. The van der Waals surface area contributed by atoms with E-state index in [1.54, 1.807) is 0 Å². The van der Waals surface area contributed by atoms with Gasteiger partial charge in [-0.15, -0.1) is 0 Å². The van der Waals surface area contributed by atoms with Crippen molar-refractivity contribution in [3.63, 3.8) is 0 Å². The van der Waals surface area contributed by atoms with Gasteiger partial charge in [-0.2, -0.15) is 18.4 Å². The van der Waals surface area contributed by atoms with Crippen LogP contribution in [0.15, 0.2) is 80.6 Å². The topological polar surface area (TPSA) is 280 Å². The van der Waals surface area contributed by atoms with Crippen molar-refractivity contribution in [3.8, 4) is 0 Å². The molecule has 2 rings (SSSR count). The first-order chi connectivity index (χ1) is 15.4. The van der Waals surface area contributed by atoms with Gasteiger partial charge in [0, 0.05) is 0 Å². The van der Waals surface area contributed by atoms with Crippen molar-refractivity contribution in [2.75, 3.05) is 0 Å². The minimum atomic E-state index is -4.67. The van der Waals surface area contributed by atoms with Crippen LogP contribution < -0.4 is 34.4 Å². The Hall–Kier alpha value is -4.21. The van der Waals surface area contributed by atoms with Gasteiger partial charge in [0.25, 0.3) is 0 Å². The maximum Gasteiger partial charge on any atom is 0.394 e. The quantitative estimate of drug-likeness (QED) is 0.148. The normalized spacial score (nSPS) is 11.1. The highest BCUT2D eigenvalue weighted by atomic mass is 32.3. The average molecular weight is 481 g/mol. The summed E-state index contributed by atoms with van der Waals surface area (Å²) in [5.41, 5.74) is 33.5. The molecular weight excluding hydrogens is 452 g/mol. The Bertz CT molecular complexity index is 969. The molecule has 180 valence electrons. The molecule has 0 aliphatic carbocycles. The summed E-state index contributed by atoms with van der Waals surface area (Å²) >= 11 is 0. The monoisotopic (exact) mass is 480 g/mol. The van der Waals surface area contributed by atoms with Crippen molar-refractivity contribution < 1.29 is 17.5 Å². The number of guanidine groups is 4. The van der Waals surface area contributed by atoms with Crippen molar-refractivity contribution in [2.45, 2.75) is 13.1 Å². The fourth-order valence-electron chi connectivity index (χ4n) is 1.85. The SMILES string of the molecule is NC(N)=NC(N)=NCc1ccccc1.NC(N)=NC(N)=NCc1ccccc1.O=S(=O)(O)O. The van der Waals surface area contributed by atoms with E-state index in [9.17, 15) is 0 Å². The number of aliphatic imine (C=N–C) groups is 4. The minimum Gasteiger partial charge on any atom is -0.370 e.